The Morgan fingerprint density at radius 1 is 1.04 bits per heavy atom. The Bertz CT molecular complexity index is 777. The van der Waals surface area contributed by atoms with Crippen LogP contribution < -0.4 is 15.1 Å². The van der Waals surface area contributed by atoms with Crippen molar-refractivity contribution < 1.29 is 4.74 Å². The summed E-state index contributed by atoms with van der Waals surface area (Å²) in [4.78, 5) is 9.72. The monoisotopic (exact) mass is 364 g/mol. The van der Waals surface area contributed by atoms with Gasteiger partial charge >= 0.3 is 0 Å². The topological polar surface area (TPSA) is 40.6 Å². The van der Waals surface area contributed by atoms with E-state index in [0.717, 1.165) is 51.7 Å². The van der Waals surface area contributed by atoms with Crippen molar-refractivity contribution in [3.63, 3.8) is 0 Å². The summed E-state index contributed by atoms with van der Waals surface area (Å²) < 4.78 is 5.92. The summed E-state index contributed by atoms with van der Waals surface area (Å²) in [6, 6.07) is 15.2. The molecule has 1 aromatic carbocycles. The van der Waals surface area contributed by atoms with E-state index in [0.29, 0.717) is 5.41 Å². The number of hydrogen-bond donors (Lipinski definition) is 1. The van der Waals surface area contributed by atoms with E-state index in [4.69, 9.17) is 4.74 Å². The van der Waals surface area contributed by atoms with Crippen LogP contribution in [0.2, 0.25) is 0 Å². The fourth-order valence-electron chi connectivity index (χ4n) is 4.84. The Balaban J connectivity index is 1.28. The lowest BCUT2D eigenvalue weighted by Crippen LogP contribution is -2.33. The van der Waals surface area contributed by atoms with Gasteiger partial charge in [0.15, 0.2) is 0 Å². The molecule has 5 nitrogen and oxygen atoms in total. The molecule has 0 saturated carbocycles. The summed E-state index contributed by atoms with van der Waals surface area (Å²) in [5.41, 5.74) is 3.00. The van der Waals surface area contributed by atoms with Gasteiger partial charge in [-0.2, -0.15) is 0 Å². The Morgan fingerprint density at radius 3 is 2.67 bits per heavy atom. The highest BCUT2D eigenvalue weighted by Gasteiger charge is 2.43. The van der Waals surface area contributed by atoms with Gasteiger partial charge in [-0.25, -0.2) is 4.98 Å². The number of nitrogens with one attached hydrogen (secondary N) is 1. The van der Waals surface area contributed by atoms with E-state index in [1.54, 1.807) is 0 Å². The highest BCUT2D eigenvalue weighted by atomic mass is 16.5. The van der Waals surface area contributed by atoms with Gasteiger partial charge in [0.05, 0.1) is 12.7 Å². The van der Waals surface area contributed by atoms with Gasteiger partial charge < -0.3 is 19.9 Å². The van der Waals surface area contributed by atoms with Crippen molar-refractivity contribution >= 4 is 11.5 Å². The van der Waals surface area contributed by atoms with Gasteiger partial charge in [0.25, 0.3) is 0 Å². The third-order valence-electron chi connectivity index (χ3n) is 6.39. The lowest BCUT2D eigenvalue weighted by Gasteiger charge is -2.27. The predicted octanol–water partition coefficient (Wildman–Crippen LogP) is 2.85. The molecular formula is C22H28N4O. The maximum Gasteiger partial charge on any atom is 0.128 e. The molecule has 2 unspecified atom stereocenters. The minimum Gasteiger partial charge on any atom is -0.371 e. The number of aromatic nitrogens is 1. The number of pyridine rings is 1. The molecule has 3 aliphatic heterocycles. The first-order chi connectivity index (χ1) is 13.3. The molecule has 2 aromatic rings. The Kier molecular flexibility index (Phi) is 4.50. The zero-order valence-electron chi connectivity index (χ0n) is 15.8. The molecule has 0 aliphatic carbocycles. The fraction of sp³-hybridized carbons (Fsp3) is 0.500. The number of ether oxygens (including phenoxy) is 1. The van der Waals surface area contributed by atoms with Crippen molar-refractivity contribution in [2.45, 2.75) is 18.9 Å². The average Bonchev–Trinajstić information content (AvgIpc) is 3.37. The molecule has 5 rings (SSSR count). The molecule has 2 atom stereocenters. The second-order valence-corrected chi connectivity index (χ2v) is 8.19. The van der Waals surface area contributed by atoms with E-state index in [2.05, 4.69) is 62.6 Å². The van der Waals surface area contributed by atoms with Crippen LogP contribution in [0.15, 0.2) is 48.7 Å². The molecule has 1 spiro atoms. The highest BCUT2D eigenvalue weighted by molar-refractivity contribution is 5.49. The SMILES string of the molecule is c1ccc(N2CCC3(CCN(c4cc(C5CNCCO5)ccn4)C3)C2)cc1. The normalized spacial score (nSPS) is 28.2. The number of benzene rings is 1. The molecule has 5 heteroatoms. The minimum atomic E-state index is 0.150. The molecule has 0 radical (unpaired) electrons. The zero-order valence-corrected chi connectivity index (χ0v) is 15.8. The van der Waals surface area contributed by atoms with Crippen molar-refractivity contribution in [3.8, 4) is 0 Å². The molecule has 1 aromatic heterocycles. The van der Waals surface area contributed by atoms with Crippen molar-refractivity contribution in [1.82, 2.24) is 10.3 Å². The van der Waals surface area contributed by atoms with Gasteiger partial charge in [-0.15, -0.1) is 0 Å². The zero-order chi connectivity index (χ0) is 18.1. The summed E-state index contributed by atoms with van der Waals surface area (Å²) in [6.45, 7) is 7.14. The molecule has 1 N–H and O–H groups in total. The molecule has 0 bridgehead atoms. The second kappa shape index (κ2) is 7.13. The summed E-state index contributed by atoms with van der Waals surface area (Å²) in [7, 11) is 0. The number of morpholine rings is 1. The van der Waals surface area contributed by atoms with Gasteiger partial charge in [-0.05, 0) is 42.7 Å². The van der Waals surface area contributed by atoms with E-state index in [1.807, 2.05) is 6.20 Å². The van der Waals surface area contributed by atoms with E-state index in [-0.39, 0.29) is 6.10 Å². The lowest BCUT2D eigenvalue weighted by molar-refractivity contribution is 0.0277. The maximum absolute atomic E-state index is 5.92. The van der Waals surface area contributed by atoms with Crippen molar-refractivity contribution in [2.24, 2.45) is 5.41 Å². The third-order valence-corrected chi connectivity index (χ3v) is 6.39. The smallest absolute Gasteiger partial charge is 0.128 e. The Morgan fingerprint density at radius 2 is 1.85 bits per heavy atom. The minimum absolute atomic E-state index is 0.150. The predicted molar refractivity (Wildman–Crippen MR) is 108 cm³/mol. The first kappa shape index (κ1) is 17.0. The molecule has 4 heterocycles. The van der Waals surface area contributed by atoms with Gasteiger partial charge in [-0.1, -0.05) is 18.2 Å². The van der Waals surface area contributed by atoms with Crippen LogP contribution in [0.5, 0.6) is 0 Å². The van der Waals surface area contributed by atoms with E-state index < -0.39 is 0 Å². The van der Waals surface area contributed by atoms with Gasteiger partial charge in [-0.3, -0.25) is 0 Å². The highest BCUT2D eigenvalue weighted by Crippen LogP contribution is 2.42. The van der Waals surface area contributed by atoms with Gasteiger partial charge in [0.2, 0.25) is 0 Å². The van der Waals surface area contributed by atoms with Crippen LogP contribution in [-0.2, 0) is 4.74 Å². The third kappa shape index (κ3) is 3.42. The fourth-order valence-corrected chi connectivity index (χ4v) is 4.84. The summed E-state index contributed by atoms with van der Waals surface area (Å²) in [5, 5.41) is 3.42. The summed E-state index contributed by atoms with van der Waals surface area (Å²) in [6.07, 6.45) is 4.62. The average molecular weight is 364 g/mol. The molecule has 142 valence electrons. The standard InChI is InChI=1S/C22H28N4O/c1-2-4-19(5-3-1)25-11-7-22(16-25)8-12-26(17-22)21-14-18(6-9-24-21)20-15-23-10-13-27-20/h1-6,9,14,20,23H,7-8,10-13,15-17H2. The van der Waals surface area contributed by atoms with Crippen molar-refractivity contribution in [1.29, 1.82) is 0 Å². The lowest BCUT2D eigenvalue weighted by atomic mass is 9.86. The van der Waals surface area contributed by atoms with Crippen molar-refractivity contribution in [2.75, 3.05) is 55.7 Å². The largest absolute Gasteiger partial charge is 0.371 e. The summed E-state index contributed by atoms with van der Waals surface area (Å²) in [5.74, 6) is 1.11. The molecule has 3 aliphatic rings. The van der Waals surface area contributed by atoms with Crippen LogP contribution in [0, 0.1) is 5.41 Å². The van der Waals surface area contributed by atoms with E-state index in [9.17, 15) is 0 Å². The van der Waals surface area contributed by atoms with Crippen LogP contribution in [0.3, 0.4) is 0 Å². The first-order valence-electron chi connectivity index (χ1n) is 10.1. The van der Waals surface area contributed by atoms with Crippen LogP contribution in [0.25, 0.3) is 0 Å². The summed E-state index contributed by atoms with van der Waals surface area (Å²) >= 11 is 0. The first-order valence-corrected chi connectivity index (χ1v) is 10.1. The number of rotatable bonds is 3. The van der Waals surface area contributed by atoms with Gasteiger partial charge in [0, 0.05) is 56.6 Å². The Hall–Kier alpha value is -2.11. The van der Waals surface area contributed by atoms with E-state index in [1.165, 1.54) is 24.1 Å². The molecular weight excluding hydrogens is 336 g/mol. The van der Waals surface area contributed by atoms with E-state index >= 15 is 0 Å². The maximum atomic E-state index is 5.92. The quantitative estimate of drug-likeness (QED) is 0.907. The molecule has 3 fully saturated rings. The Labute approximate surface area is 161 Å². The molecule has 27 heavy (non-hydrogen) atoms. The number of anilines is 2. The van der Waals surface area contributed by atoms with Crippen molar-refractivity contribution in [3.05, 3.63) is 54.2 Å². The van der Waals surface area contributed by atoms with Crippen LogP contribution in [0.4, 0.5) is 11.5 Å². The molecule has 0 amide bonds. The number of hydrogen-bond acceptors (Lipinski definition) is 5. The number of nitrogens with zero attached hydrogens (tertiary/aromatic N) is 3. The van der Waals surface area contributed by atoms with Crippen LogP contribution in [0.1, 0.15) is 24.5 Å². The second-order valence-electron chi connectivity index (χ2n) is 8.19. The number of para-hydroxylation sites is 1. The molecule has 3 saturated heterocycles. The van der Waals surface area contributed by atoms with Crippen LogP contribution >= 0.6 is 0 Å². The van der Waals surface area contributed by atoms with Gasteiger partial charge in [0.1, 0.15) is 5.82 Å². The van der Waals surface area contributed by atoms with Crippen LogP contribution in [-0.4, -0.2) is 50.9 Å².